The van der Waals surface area contributed by atoms with Crippen LogP contribution in [0.5, 0.6) is 0 Å². The lowest BCUT2D eigenvalue weighted by molar-refractivity contribution is -0.161. The number of carbonyl (C=O) groups is 2. The molecule has 3 saturated carbocycles. The predicted molar refractivity (Wildman–Crippen MR) is 132 cm³/mol. The van der Waals surface area contributed by atoms with Gasteiger partial charge >= 0.3 is 0 Å². The van der Waals surface area contributed by atoms with Crippen molar-refractivity contribution in [3.63, 3.8) is 0 Å². The second-order valence-corrected chi connectivity index (χ2v) is 12.3. The average Bonchev–Trinajstić information content (AvgIpc) is 3.10. The minimum atomic E-state index is -1.29. The summed E-state index contributed by atoms with van der Waals surface area (Å²) in [7, 11) is 5.93. The topological polar surface area (TPSA) is 66.8 Å². The summed E-state index contributed by atoms with van der Waals surface area (Å²) in [5, 5.41) is 11.9. The molecular formula is C29H43NO4. The molecule has 0 aliphatic heterocycles. The van der Waals surface area contributed by atoms with Gasteiger partial charge in [-0.15, -0.1) is 0 Å². The normalized spacial score (nSPS) is 42.2. The van der Waals surface area contributed by atoms with Crippen LogP contribution >= 0.6 is 0 Å². The molecule has 5 nitrogen and oxygen atoms in total. The Labute approximate surface area is 205 Å². The Morgan fingerprint density at radius 1 is 1.09 bits per heavy atom. The smallest absolute Gasteiger partial charge is 0.190 e. The van der Waals surface area contributed by atoms with Crippen LogP contribution in [0.4, 0.5) is 0 Å². The van der Waals surface area contributed by atoms with Crippen molar-refractivity contribution in [2.45, 2.75) is 89.2 Å². The van der Waals surface area contributed by atoms with Crippen LogP contribution in [0.3, 0.4) is 0 Å². The molecule has 0 heterocycles. The van der Waals surface area contributed by atoms with Crippen LogP contribution in [-0.4, -0.2) is 61.0 Å². The number of aliphatic hydroxyl groups is 1. The van der Waals surface area contributed by atoms with E-state index < -0.39 is 11.0 Å². The molecule has 0 spiro atoms. The van der Waals surface area contributed by atoms with E-state index in [0.29, 0.717) is 42.6 Å². The van der Waals surface area contributed by atoms with Crippen LogP contribution in [0.2, 0.25) is 0 Å². The Hall–Kier alpha value is -1.30. The van der Waals surface area contributed by atoms with E-state index in [9.17, 15) is 14.7 Å². The highest BCUT2D eigenvalue weighted by Crippen LogP contribution is 2.66. The molecule has 0 aromatic rings. The Balaban J connectivity index is 1.56. The number of nitrogens with zero attached hydrogens (tertiary/aromatic N) is 1. The third-order valence-electron chi connectivity index (χ3n) is 10.7. The lowest BCUT2D eigenvalue weighted by Gasteiger charge is -2.56. The molecule has 34 heavy (non-hydrogen) atoms. The zero-order chi connectivity index (χ0) is 24.3. The van der Waals surface area contributed by atoms with Crippen molar-refractivity contribution in [2.24, 2.45) is 29.1 Å². The molecular weight excluding hydrogens is 426 g/mol. The molecule has 188 valence electrons. The minimum absolute atomic E-state index is 0.00890. The molecule has 5 atom stereocenters. The summed E-state index contributed by atoms with van der Waals surface area (Å²) < 4.78 is 5.21. The third kappa shape index (κ3) is 3.69. The van der Waals surface area contributed by atoms with Gasteiger partial charge in [0.15, 0.2) is 11.6 Å². The molecule has 5 aliphatic carbocycles. The van der Waals surface area contributed by atoms with E-state index >= 15 is 0 Å². The first-order valence-electron chi connectivity index (χ1n) is 13.6. The molecule has 2 unspecified atom stereocenters. The van der Waals surface area contributed by atoms with Gasteiger partial charge in [0.05, 0.1) is 0 Å². The van der Waals surface area contributed by atoms with Crippen molar-refractivity contribution in [1.29, 1.82) is 0 Å². The molecule has 1 N–H and O–H groups in total. The summed E-state index contributed by atoms with van der Waals surface area (Å²) in [6.07, 6.45) is 12.7. The van der Waals surface area contributed by atoms with Crippen LogP contribution in [0, 0.1) is 29.1 Å². The van der Waals surface area contributed by atoms with E-state index in [-0.39, 0.29) is 18.2 Å². The fourth-order valence-electron chi connectivity index (χ4n) is 8.88. The largest absolute Gasteiger partial charge is 0.381 e. The number of ether oxygens (including phenoxy) is 1. The number of methoxy groups -OCH3 is 1. The van der Waals surface area contributed by atoms with Gasteiger partial charge in [0.25, 0.3) is 0 Å². The van der Waals surface area contributed by atoms with Gasteiger partial charge in [0.1, 0.15) is 12.2 Å². The summed E-state index contributed by atoms with van der Waals surface area (Å²) >= 11 is 0. The van der Waals surface area contributed by atoms with Crippen molar-refractivity contribution in [2.75, 3.05) is 27.8 Å². The van der Waals surface area contributed by atoms with E-state index in [1.807, 2.05) is 6.08 Å². The zero-order valence-electron chi connectivity index (χ0n) is 21.6. The molecule has 5 heteroatoms. The molecule has 3 fully saturated rings. The lowest BCUT2D eigenvalue weighted by Crippen LogP contribution is -2.57. The SMILES string of the molecule is COCC(=O)[C@@]1(O)CCC2C3CCC4=CC(=O)CCC4=C3[C@@H](C3CCC(N(C)C)CC3)C[C@@]21C. The molecule has 0 aromatic heterocycles. The maximum absolute atomic E-state index is 13.2. The minimum Gasteiger partial charge on any atom is -0.381 e. The molecule has 0 aromatic carbocycles. The molecule has 5 rings (SSSR count). The molecule has 0 radical (unpaired) electrons. The summed E-state index contributed by atoms with van der Waals surface area (Å²) in [5.41, 5.74) is 2.70. The second-order valence-electron chi connectivity index (χ2n) is 12.3. The summed E-state index contributed by atoms with van der Waals surface area (Å²) in [4.78, 5) is 27.8. The third-order valence-corrected chi connectivity index (χ3v) is 10.7. The zero-order valence-corrected chi connectivity index (χ0v) is 21.6. The number of fused-ring (bicyclic) bond motifs is 4. The monoisotopic (exact) mass is 469 g/mol. The number of carbonyl (C=O) groups excluding carboxylic acids is 2. The van der Waals surface area contributed by atoms with Gasteiger partial charge in [0.2, 0.25) is 0 Å². The Kier molecular flexibility index (Phi) is 6.44. The first kappa shape index (κ1) is 24.4. The lowest BCUT2D eigenvalue weighted by atomic mass is 9.49. The number of rotatable bonds is 5. The van der Waals surface area contributed by atoms with Gasteiger partial charge in [-0.2, -0.15) is 0 Å². The van der Waals surface area contributed by atoms with Crippen molar-refractivity contribution in [3.8, 4) is 0 Å². The van der Waals surface area contributed by atoms with E-state index in [4.69, 9.17) is 4.74 Å². The van der Waals surface area contributed by atoms with Gasteiger partial charge in [0, 0.05) is 25.0 Å². The average molecular weight is 470 g/mol. The molecule has 0 saturated heterocycles. The van der Waals surface area contributed by atoms with Gasteiger partial charge in [-0.25, -0.2) is 0 Å². The molecule has 5 aliphatic rings. The van der Waals surface area contributed by atoms with Gasteiger partial charge in [-0.3, -0.25) is 9.59 Å². The van der Waals surface area contributed by atoms with Crippen molar-refractivity contribution in [3.05, 3.63) is 22.8 Å². The maximum atomic E-state index is 13.2. The highest BCUT2D eigenvalue weighted by Gasteiger charge is 2.65. The van der Waals surface area contributed by atoms with Crippen molar-refractivity contribution in [1.82, 2.24) is 4.90 Å². The highest BCUT2D eigenvalue weighted by atomic mass is 16.5. The fourth-order valence-corrected chi connectivity index (χ4v) is 8.88. The van der Waals surface area contributed by atoms with Gasteiger partial charge < -0.3 is 14.7 Å². The summed E-state index contributed by atoms with van der Waals surface area (Å²) in [6, 6.07) is 0.650. The summed E-state index contributed by atoms with van der Waals surface area (Å²) in [5.74, 6) is 1.90. The quantitative estimate of drug-likeness (QED) is 0.643. The molecule has 0 amide bonds. The maximum Gasteiger partial charge on any atom is 0.190 e. The number of allylic oxidation sites excluding steroid dienone is 4. The van der Waals surface area contributed by atoms with Crippen LogP contribution in [0.25, 0.3) is 0 Å². The van der Waals surface area contributed by atoms with Crippen LogP contribution in [-0.2, 0) is 14.3 Å². The Morgan fingerprint density at radius 3 is 2.50 bits per heavy atom. The van der Waals surface area contributed by atoms with Crippen LogP contribution in [0.15, 0.2) is 22.8 Å². The Bertz CT molecular complexity index is 911. The molecule has 0 bridgehead atoms. The Morgan fingerprint density at radius 2 is 1.82 bits per heavy atom. The van der Waals surface area contributed by atoms with Crippen LogP contribution < -0.4 is 0 Å². The second kappa shape index (κ2) is 8.97. The number of hydrogen-bond acceptors (Lipinski definition) is 5. The van der Waals surface area contributed by atoms with E-state index in [2.05, 4.69) is 25.9 Å². The summed E-state index contributed by atoms with van der Waals surface area (Å²) in [6.45, 7) is 2.21. The van der Waals surface area contributed by atoms with Gasteiger partial charge in [-0.05, 0) is 119 Å². The number of hydrogen-bond donors (Lipinski definition) is 1. The van der Waals surface area contributed by atoms with E-state index in [0.717, 1.165) is 32.1 Å². The van der Waals surface area contributed by atoms with Crippen LogP contribution in [0.1, 0.15) is 77.6 Å². The predicted octanol–water partition coefficient (Wildman–Crippen LogP) is 4.49. The van der Waals surface area contributed by atoms with E-state index in [1.54, 1.807) is 12.7 Å². The fraction of sp³-hybridized carbons (Fsp3) is 0.793. The first-order chi connectivity index (χ1) is 16.2. The highest BCUT2D eigenvalue weighted by molar-refractivity contribution is 5.93. The number of ketones is 2. The van der Waals surface area contributed by atoms with Crippen molar-refractivity contribution >= 4 is 11.6 Å². The van der Waals surface area contributed by atoms with Gasteiger partial charge in [-0.1, -0.05) is 12.5 Å². The number of Topliss-reactive ketones (excluding diaryl/α,β-unsaturated/α-hetero) is 1. The van der Waals surface area contributed by atoms with Crippen molar-refractivity contribution < 1.29 is 19.4 Å². The van der Waals surface area contributed by atoms with E-state index in [1.165, 1.54) is 36.8 Å². The first-order valence-corrected chi connectivity index (χ1v) is 13.6. The standard InChI is InChI=1S/C29H43NO4/c1-28-16-24(18-5-8-20(9-6-18)30(2)3)27-22-12-10-21(31)15-19(22)7-11-23(27)25(28)13-14-29(28,33)26(32)17-34-4/h15,18,20,23-25,33H,5-14,16-17H2,1-4H3/t18?,20?,23?,24-,25?,28+,29+/m1/s1.